The number of anilines is 1. The van der Waals surface area contributed by atoms with Gasteiger partial charge in [-0.1, -0.05) is 6.07 Å². The Morgan fingerprint density at radius 3 is 2.64 bits per heavy atom. The van der Waals surface area contributed by atoms with E-state index in [0.29, 0.717) is 18.8 Å². The molecule has 0 spiro atoms. The summed E-state index contributed by atoms with van der Waals surface area (Å²) in [4.78, 5) is 31.3. The van der Waals surface area contributed by atoms with Gasteiger partial charge in [0, 0.05) is 37.1 Å². The summed E-state index contributed by atoms with van der Waals surface area (Å²) in [7, 11) is 0. The Morgan fingerprint density at radius 1 is 1.04 bits per heavy atom. The molecular formula is C21H24N6O. The highest BCUT2D eigenvalue weighted by Crippen LogP contribution is 2.29. The largest absolute Gasteiger partial charge is 0.356 e. The Bertz CT molecular complexity index is 1070. The van der Waals surface area contributed by atoms with Crippen molar-refractivity contribution in [2.45, 2.75) is 39.7 Å². The minimum atomic E-state index is -0.0345. The molecule has 0 saturated carbocycles. The van der Waals surface area contributed by atoms with E-state index >= 15 is 0 Å². The first kappa shape index (κ1) is 17.2. The van der Waals surface area contributed by atoms with Crippen molar-refractivity contribution in [2.75, 3.05) is 24.5 Å². The molecule has 144 valence electrons. The summed E-state index contributed by atoms with van der Waals surface area (Å²) in [5.41, 5.74) is 4.54. The fraction of sp³-hybridized carbons (Fsp3) is 0.429. The molecule has 0 radical (unpaired) electrons. The predicted molar refractivity (Wildman–Crippen MR) is 107 cm³/mol. The second-order valence-corrected chi connectivity index (χ2v) is 7.71. The van der Waals surface area contributed by atoms with Crippen LogP contribution >= 0.6 is 0 Å². The van der Waals surface area contributed by atoms with E-state index in [2.05, 4.69) is 14.9 Å². The molecule has 3 aromatic heterocycles. The summed E-state index contributed by atoms with van der Waals surface area (Å²) in [6, 6.07) is 5.90. The molecule has 1 saturated heterocycles. The number of nitrogens with zero attached hydrogens (tertiary/aromatic N) is 6. The minimum Gasteiger partial charge on any atom is -0.356 e. The van der Waals surface area contributed by atoms with Crippen molar-refractivity contribution < 1.29 is 4.79 Å². The Balaban J connectivity index is 1.45. The number of carbonyl (C=O) groups excluding carboxylic acids is 1. The van der Waals surface area contributed by atoms with Crippen molar-refractivity contribution in [2.24, 2.45) is 0 Å². The molecule has 0 aromatic carbocycles. The van der Waals surface area contributed by atoms with Crippen LogP contribution in [0.3, 0.4) is 0 Å². The van der Waals surface area contributed by atoms with Gasteiger partial charge in [-0.05, 0) is 45.2 Å². The number of hydrogen-bond acceptors (Lipinski definition) is 5. The lowest BCUT2D eigenvalue weighted by atomic mass is 10.0. The number of fused-ring (bicyclic) bond motifs is 2. The third-order valence-corrected chi connectivity index (χ3v) is 5.76. The normalized spacial score (nSPS) is 16.6. The summed E-state index contributed by atoms with van der Waals surface area (Å²) in [6.07, 6.45) is 5.06. The van der Waals surface area contributed by atoms with Crippen molar-refractivity contribution in [3.8, 4) is 0 Å². The molecule has 0 unspecified atom stereocenters. The number of imidazole rings is 1. The van der Waals surface area contributed by atoms with E-state index in [1.807, 2.05) is 47.5 Å². The van der Waals surface area contributed by atoms with Gasteiger partial charge in [0.05, 0.1) is 12.2 Å². The van der Waals surface area contributed by atoms with Crippen LogP contribution in [0.4, 0.5) is 5.82 Å². The molecule has 2 aliphatic rings. The molecule has 7 heteroatoms. The summed E-state index contributed by atoms with van der Waals surface area (Å²) in [6.45, 7) is 7.26. The van der Waals surface area contributed by atoms with Crippen molar-refractivity contribution in [3.63, 3.8) is 0 Å². The molecule has 1 amide bonds. The summed E-state index contributed by atoms with van der Waals surface area (Å²) < 4.78 is 1.96. The summed E-state index contributed by atoms with van der Waals surface area (Å²) >= 11 is 0. The van der Waals surface area contributed by atoms with Gasteiger partial charge in [0.25, 0.3) is 5.91 Å². The van der Waals surface area contributed by atoms with Crippen LogP contribution in [0, 0.1) is 13.8 Å². The molecule has 7 nitrogen and oxygen atoms in total. The third kappa shape index (κ3) is 2.82. The van der Waals surface area contributed by atoms with Gasteiger partial charge in [-0.25, -0.2) is 15.0 Å². The van der Waals surface area contributed by atoms with Gasteiger partial charge in [-0.3, -0.25) is 4.79 Å². The van der Waals surface area contributed by atoms with Crippen LogP contribution in [0.5, 0.6) is 0 Å². The van der Waals surface area contributed by atoms with E-state index in [0.717, 1.165) is 48.2 Å². The zero-order valence-electron chi connectivity index (χ0n) is 16.4. The molecule has 28 heavy (non-hydrogen) atoms. The van der Waals surface area contributed by atoms with E-state index in [4.69, 9.17) is 4.98 Å². The molecule has 0 bridgehead atoms. The van der Waals surface area contributed by atoms with E-state index in [1.54, 1.807) is 0 Å². The molecule has 1 fully saturated rings. The topological polar surface area (TPSA) is 66.6 Å². The van der Waals surface area contributed by atoms with Crippen LogP contribution in [0.25, 0.3) is 5.65 Å². The molecule has 5 heterocycles. The lowest BCUT2D eigenvalue weighted by Gasteiger charge is -2.30. The van der Waals surface area contributed by atoms with Gasteiger partial charge in [0.15, 0.2) is 0 Å². The number of hydrogen-bond donors (Lipinski definition) is 0. The first-order chi connectivity index (χ1) is 13.6. The highest BCUT2D eigenvalue weighted by Gasteiger charge is 2.29. The van der Waals surface area contributed by atoms with Gasteiger partial charge in [-0.15, -0.1) is 0 Å². The summed E-state index contributed by atoms with van der Waals surface area (Å²) in [5.74, 6) is 1.82. The van der Waals surface area contributed by atoms with Crippen LogP contribution in [0.15, 0.2) is 24.4 Å². The van der Waals surface area contributed by atoms with E-state index < -0.39 is 0 Å². The Labute approximate surface area is 164 Å². The Hall–Kier alpha value is -2.96. The molecule has 0 atom stereocenters. The maximum absolute atomic E-state index is 13.1. The van der Waals surface area contributed by atoms with E-state index in [-0.39, 0.29) is 5.91 Å². The van der Waals surface area contributed by atoms with Crippen molar-refractivity contribution in [1.29, 1.82) is 0 Å². The maximum atomic E-state index is 13.1. The smallest absolute Gasteiger partial charge is 0.274 e. The number of amides is 1. The standard InChI is InChI=1S/C21H24N6O/c1-14-6-5-7-19-24-18(13-27(14)19)21(28)26-11-8-16-17(12-26)22-15(2)23-20(16)25-9-3-4-10-25/h5-7,13H,3-4,8-12H2,1-2H3. The monoisotopic (exact) mass is 376 g/mol. The van der Waals surface area contributed by atoms with Gasteiger partial charge in [-0.2, -0.15) is 0 Å². The van der Waals surface area contributed by atoms with Crippen LogP contribution in [-0.2, 0) is 13.0 Å². The SMILES string of the molecule is Cc1nc2c(c(N3CCCC3)n1)CCN(C(=O)c1cn3c(C)cccc3n1)C2. The Morgan fingerprint density at radius 2 is 1.86 bits per heavy atom. The highest BCUT2D eigenvalue weighted by atomic mass is 16.2. The number of aromatic nitrogens is 4. The summed E-state index contributed by atoms with van der Waals surface area (Å²) in [5, 5.41) is 0. The van der Waals surface area contributed by atoms with Crippen LogP contribution in [-0.4, -0.2) is 49.8 Å². The molecule has 2 aliphatic heterocycles. The average Bonchev–Trinajstić information content (AvgIpc) is 3.37. The molecule has 0 aliphatic carbocycles. The van der Waals surface area contributed by atoms with Crippen LogP contribution in [0.2, 0.25) is 0 Å². The zero-order valence-corrected chi connectivity index (χ0v) is 16.4. The average molecular weight is 376 g/mol. The first-order valence-electron chi connectivity index (χ1n) is 9.95. The molecular weight excluding hydrogens is 352 g/mol. The van der Waals surface area contributed by atoms with Gasteiger partial charge >= 0.3 is 0 Å². The number of aryl methyl sites for hydroxylation is 2. The molecule has 5 rings (SSSR count). The lowest BCUT2D eigenvalue weighted by Crippen LogP contribution is -2.38. The molecule has 3 aromatic rings. The van der Waals surface area contributed by atoms with Crippen molar-refractivity contribution in [3.05, 3.63) is 52.9 Å². The van der Waals surface area contributed by atoms with Gasteiger partial charge in [0.2, 0.25) is 0 Å². The highest BCUT2D eigenvalue weighted by molar-refractivity contribution is 5.93. The lowest BCUT2D eigenvalue weighted by molar-refractivity contribution is 0.0726. The quantitative estimate of drug-likeness (QED) is 0.688. The van der Waals surface area contributed by atoms with Crippen LogP contribution < -0.4 is 4.90 Å². The van der Waals surface area contributed by atoms with E-state index in [1.165, 1.54) is 18.4 Å². The Kier molecular flexibility index (Phi) is 4.03. The predicted octanol–water partition coefficient (Wildman–Crippen LogP) is 2.54. The molecule has 0 N–H and O–H groups in total. The minimum absolute atomic E-state index is 0.0345. The van der Waals surface area contributed by atoms with Crippen LogP contribution in [0.1, 0.15) is 46.1 Å². The van der Waals surface area contributed by atoms with Crippen molar-refractivity contribution >= 4 is 17.4 Å². The van der Waals surface area contributed by atoms with Gasteiger partial charge in [0.1, 0.15) is 23.0 Å². The van der Waals surface area contributed by atoms with Crippen molar-refractivity contribution in [1.82, 2.24) is 24.3 Å². The number of rotatable bonds is 2. The van der Waals surface area contributed by atoms with E-state index in [9.17, 15) is 4.79 Å². The number of pyridine rings is 1. The fourth-order valence-corrected chi connectivity index (χ4v) is 4.31. The maximum Gasteiger partial charge on any atom is 0.274 e. The first-order valence-corrected chi connectivity index (χ1v) is 9.95. The number of carbonyl (C=O) groups is 1. The van der Waals surface area contributed by atoms with Gasteiger partial charge < -0.3 is 14.2 Å². The second-order valence-electron chi connectivity index (χ2n) is 7.71. The third-order valence-electron chi connectivity index (χ3n) is 5.76. The zero-order chi connectivity index (χ0) is 19.3. The second kappa shape index (κ2) is 6.58. The fourth-order valence-electron chi connectivity index (χ4n) is 4.31.